The van der Waals surface area contributed by atoms with Gasteiger partial charge >= 0.3 is 0 Å². The monoisotopic (exact) mass is 213 g/mol. The highest BCUT2D eigenvalue weighted by molar-refractivity contribution is 6.30. The minimum atomic E-state index is -1.11. The molecule has 0 bridgehead atoms. The van der Waals surface area contributed by atoms with E-state index in [2.05, 4.69) is 5.32 Å². The Labute approximate surface area is 88.3 Å². The minimum Gasteiger partial charge on any atom is -0.385 e. The Hall–Kier alpha value is -0.760. The molecule has 1 aromatic rings. The summed E-state index contributed by atoms with van der Waals surface area (Å²) in [6.45, 7) is 2.32. The van der Waals surface area contributed by atoms with Crippen LogP contribution in [0.5, 0.6) is 0 Å². The fraction of sp³-hybridized carbons (Fsp3) is 0.455. The molecule has 0 aromatic heterocycles. The van der Waals surface area contributed by atoms with Crippen molar-refractivity contribution in [3.05, 3.63) is 28.8 Å². The van der Waals surface area contributed by atoms with Crippen LogP contribution in [0.3, 0.4) is 0 Å². The third-order valence-electron chi connectivity index (χ3n) is 2.59. The summed E-state index contributed by atoms with van der Waals surface area (Å²) in [4.78, 5) is 0. The zero-order valence-electron chi connectivity index (χ0n) is 8.11. The highest BCUT2D eigenvalue weighted by atomic mass is 35.5. The van der Waals surface area contributed by atoms with E-state index in [0.717, 1.165) is 11.3 Å². The number of benzene rings is 1. The molecular formula is C11H13ClFN. The van der Waals surface area contributed by atoms with Gasteiger partial charge in [-0.15, -0.1) is 0 Å². The fourth-order valence-corrected chi connectivity index (χ4v) is 1.98. The van der Waals surface area contributed by atoms with Gasteiger partial charge in [0.25, 0.3) is 0 Å². The predicted octanol–water partition coefficient (Wildman–Crippen LogP) is 3.43. The lowest BCUT2D eigenvalue weighted by molar-refractivity contribution is 0.183. The molecule has 1 atom stereocenters. The minimum absolute atomic E-state index is 0.465. The summed E-state index contributed by atoms with van der Waals surface area (Å²) >= 11 is 5.87. The molecule has 1 N–H and O–H groups in total. The maximum atomic E-state index is 13.8. The topological polar surface area (TPSA) is 12.0 Å². The predicted molar refractivity (Wildman–Crippen MR) is 57.8 cm³/mol. The fourth-order valence-electron chi connectivity index (χ4n) is 1.81. The van der Waals surface area contributed by atoms with Crippen molar-refractivity contribution in [3.8, 4) is 0 Å². The van der Waals surface area contributed by atoms with Gasteiger partial charge in [-0.1, -0.05) is 17.7 Å². The number of halogens is 2. The molecule has 1 aromatic carbocycles. The van der Waals surface area contributed by atoms with Crippen LogP contribution in [-0.2, 0) is 6.42 Å². The summed E-state index contributed by atoms with van der Waals surface area (Å²) in [5, 5.41) is 3.89. The first-order chi connectivity index (χ1) is 6.57. The van der Waals surface area contributed by atoms with Gasteiger partial charge in [0.05, 0.1) is 0 Å². The molecule has 1 nitrogen and oxygen atoms in total. The van der Waals surface area contributed by atoms with Gasteiger partial charge in [-0.2, -0.15) is 0 Å². The van der Waals surface area contributed by atoms with E-state index in [0.29, 0.717) is 24.4 Å². The normalized spacial score (nSPS) is 26.2. The molecular weight excluding hydrogens is 201 g/mol. The van der Waals surface area contributed by atoms with Crippen LogP contribution in [0, 0.1) is 0 Å². The van der Waals surface area contributed by atoms with E-state index in [9.17, 15) is 4.39 Å². The quantitative estimate of drug-likeness (QED) is 0.696. The van der Waals surface area contributed by atoms with Gasteiger partial charge in [0.1, 0.15) is 5.67 Å². The molecule has 0 fully saturated rings. The molecule has 0 spiro atoms. The van der Waals surface area contributed by atoms with Gasteiger partial charge in [0, 0.05) is 23.7 Å². The molecule has 0 amide bonds. The first kappa shape index (κ1) is 9.78. The summed E-state index contributed by atoms with van der Waals surface area (Å²) in [5.41, 5.74) is 0.877. The van der Waals surface area contributed by atoms with Crippen molar-refractivity contribution in [1.82, 2.24) is 0 Å². The Kier molecular flexibility index (Phi) is 2.40. The maximum absolute atomic E-state index is 13.8. The largest absolute Gasteiger partial charge is 0.385 e. The molecule has 0 saturated heterocycles. The molecule has 1 aliphatic rings. The van der Waals surface area contributed by atoms with Gasteiger partial charge in [-0.05, 0) is 31.0 Å². The Bertz CT molecular complexity index is 349. The highest BCUT2D eigenvalue weighted by Gasteiger charge is 2.27. The van der Waals surface area contributed by atoms with E-state index in [1.54, 1.807) is 6.92 Å². The number of hydrogen-bond donors (Lipinski definition) is 1. The standard InChI is InChI=1S/C11H13ClFN/c1-11(13)4-5-14-10-6-9(12)3-2-8(10)7-11/h2-3,6,14H,4-5,7H2,1H3. The molecule has 3 heteroatoms. The molecule has 0 radical (unpaired) electrons. The molecule has 0 aliphatic carbocycles. The van der Waals surface area contributed by atoms with Crippen LogP contribution in [0.15, 0.2) is 18.2 Å². The van der Waals surface area contributed by atoms with Crippen LogP contribution >= 0.6 is 11.6 Å². The molecule has 76 valence electrons. The molecule has 2 rings (SSSR count). The first-order valence-electron chi connectivity index (χ1n) is 4.78. The first-order valence-corrected chi connectivity index (χ1v) is 5.16. The summed E-state index contributed by atoms with van der Waals surface area (Å²) in [7, 11) is 0. The summed E-state index contributed by atoms with van der Waals surface area (Å²) < 4.78 is 13.8. The van der Waals surface area contributed by atoms with Crippen molar-refractivity contribution in [2.75, 3.05) is 11.9 Å². The van der Waals surface area contributed by atoms with Crippen LogP contribution in [0.1, 0.15) is 18.9 Å². The summed E-state index contributed by atoms with van der Waals surface area (Å²) in [6.07, 6.45) is 1.01. The van der Waals surface area contributed by atoms with Crippen LogP contribution in [0.4, 0.5) is 10.1 Å². The third kappa shape index (κ3) is 2.01. The lowest BCUT2D eigenvalue weighted by Crippen LogP contribution is -2.21. The second-order valence-electron chi connectivity index (χ2n) is 4.07. The third-order valence-corrected chi connectivity index (χ3v) is 2.83. The Morgan fingerprint density at radius 1 is 1.50 bits per heavy atom. The van der Waals surface area contributed by atoms with Crippen molar-refractivity contribution >= 4 is 17.3 Å². The molecule has 1 heterocycles. The van der Waals surface area contributed by atoms with Crippen LogP contribution in [0.25, 0.3) is 0 Å². The van der Waals surface area contributed by atoms with E-state index < -0.39 is 5.67 Å². The average molecular weight is 214 g/mol. The summed E-state index contributed by atoms with van der Waals surface area (Å²) in [6, 6.07) is 5.57. The zero-order chi connectivity index (χ0) is 10.2. The maximum Gasteiger partial charge on any atom is 0.114 e. The van der Waals surface area contributed by atoms with Crippen molar-refractivity contribution in [2.24, 2.45) is 0 Å². The van der Waals surface area contributed by atoms with Crippen molar-refractivity contribution in [2.45, 2.75) is 25.4 Å². The molecule has 1 aliphatic heterocycles. The second-order valence-corrected chi connectivity index (χ2v) is 4.50. The Morgan fingerprint density at radius 3 is 3.07 bits per heavy atom. The van der Waals surface area contributed by atoms with Gasteiger partial charge in [-0.25, -0.2) is 4.39 Å². The van der Waals surface area contributed by atoms with E-state index in [1.807, 2.05) is 18.2 Å². The van der Waals surface area contributed by atoms with Gasteiger partial charge in [0.2, 0.25) is 0 Å². The van der Waals surface area contributed by atoms with Gasteiger partial charge in [-0.3, -0.25) is 0 Å². The summed E-state index contributed by atoms with van der Waals surface area (Å²) in [5.74, 6) is 0. The van der Waals surface area contributed by atoms with Crippen LogP contribution in [0.2, 0.25) is 5.02 Å². The second kappa shape index (κ2) is 3.43. The lowest BCUT2D eigenvalue weighted by Gasteiger charge is -2.16. The number of fused-ring (bicyclic) bond motifs is 1. The number of rotatable bonds is 0. The van der Waals surface area contributed by atoms with Crippen LogP contribution < -0.4 is 5.32 Å². The number of alkyl halides is 1. The van der Waals surface area contributed by atoms with E-state index in [1.165, 1.54) is 0 Å². The molecule has 0 saturated carbocycles. The molecule has 14 heavy (non-hydrogen) atoms. The lowest BCUT2D eigenvalue weighted by atomic mass is 9.96. The Morgan fingerprint density at radius 2 is 2.29 bits per heavy atom. The van der Waals surface area contributed by atoms with Crippen molar-refractivity contribution in [3.63, 3.8) is 0 Å². The smallest absolute Gasteiger partial charge is 0.114 e. The van der Waals surface area contributed by atoms with E-state index in [4.69, 9.17) is 11.6 Å². The van der Waals surface area contributed by atoms with Crippen molar-refractivity contribution < 1.29 is 4.39 Å². The van der Waals surface area contributed by atoms with E-state index in [-0.39, 0.29) is 0 Å². The molecule has 1 unspecified atom stereocenters. The number of anilines is 1. The van der Waals surface area contributed by atoms with E-state index >= 15 is 0 Å². The number of nitrogens with one attached hydrogen (secondary N) is 1. The zero-order valence-corrected chi connectivity index (χ0v) is 8.87. The average Bonchev–Trinajstić information content (AvgIpc) is 2.22. The van der Waals surface area contributed by atoms with Crippen molar-refractivity contribution in [1.29, 1.82) is 0 Å². The number of hydrogen-bond acceptors (Lipinski definition) is 1. The highest BCUT2D eigenvalue weighted by Crippen LogP contribution is 2.31. The Balaban J connectivity index is 2.37. The SMILES string of the molecule is CC1(F)CCNc2cc(Cl)ccc2C1. The van der Waals surface area contributed by atoms with Crippen LogP contribution in [-0.4, -0.2) is 12.2 Å². The van der Waals surface area contributed by atoms with Gasteiger partial charge in [0.15, 0.2) is 0 Å². The van der Waals surface area contributed by atoms with Gasteiger partial charge < -0.3 is 5.32 Å².